The summed E-state index contributed by atoms with van der Waals surface area (Å²) in [5.74, 6) is -0.00668. The normalized spacial score (nSPS) is 15.5. The highest BCUT2D eigenvalue weighted by atomic mass is 32.2. The number of nitrogens with zero attached hydrogens (tertiary/aromatic N) is 2. The van der Waals surface area contributed by atoms with E-state index in [-0.39, 0.29) is 5.91 Å². The van der Waals surface area contributed by atoms with E-state index in [4.69, 9.17) is 0 Å². The molecule has 0 unspecified atom stereocenters. The highest BCUT2D eigenvalue weighted by molar-refractivity contribution is 7.89. The zero-order valence-corrected chi connectivity index (χ0v) is 19.4. The fourth-order valence-electron chi connectivity index (χ4n) is 4.18. The van der Waals surface area contributed by atoms with Crippen LogP contribution in [0.1, 0.15) is 43.2 Å². The van der Waals surface area contributed by atoms with E-state index in [0.717, 1.165) is 42.1 Å². The molecule has 1 aliphatic heterocycles. The number of hydrogen-bond acceptors (Lipinski definition) is 3. The minimum atomic E-state index is -3.47. The van der Waals surface area contributed by atoms with Crippen molar-refractivity contribution >= 4 is 26.8 Å². The van der Waals surface area contributed by atoms with Gasteiger partial charge in [0.05, 0.1) is 4.90 Å². The number of carbonyl (C=O) groups excluding carboxylic acids is 1. The monoisotopic (exact) mass is 453 g/mol. The lowest BCUT2D eigenvalue weighted by Gasteiger charge is -2.20. The third-order valence-corrected chi connectivity index (χ3v) is 8.03. The number of carbonyl (C=O) groups is 1. The number of benzene rings is 2. The Morgan fingerprint density at radius 2 is 1.69 bits per heavy atom. The first-order valence-corrected chi connectivity index (χ1v) is 12.8. The summed E-state index contributed by atoms with van der Waals surface area (Å²) in [5, 5.41) is 3.84. The van der Waals surface area contributed by atoms with E-state index in [1.165, 1.54) is 5.56 Å². The number of nitrogens with one attached hydrogen (secondary N) is 1. The van der Waals surface area contributed by atoms with Crippen LogP contribution in [-0.2, 0) is 27.9 Å². The van der Waals surface area contributed by atoms with Gasteiger partial charge >= 0.3 is 0 Å². The molecule has 0 bridgehead atoms. The average molecular weight is 454 g/mol. The molecule has 0 radical (unpaired) electrons. The maximum Gasteiger partial charge on any atom is 0.243 e. The maximum atomic E-state index is 13.1. The van der Waals surface area contributed by atoms with Crippen LogP contribution in [0.5, 0.6) is 0 Å². The largest absolute Gasteiger partial charge is 0.352 e. The first-order chi connectivity index (χ1) is 15.4. The summed E-state index contributed by atoms with van der Waals surface area (Å²) in [4.78, 5) is 12.6. The minimum Gasteiger partial charge on any atom is -0.352 e. The van der Waals surface area contributed by atoms with Gasteiger partial charge in [-0.15, -0.1) is 0 Å². The van der Waals surface area contributed by atoms with Crippen LogP contribution in [0.15, 0.2) is 59.6 Å². The lowest BCUT2D eigenvalue weighted by Crippen LogP contribution is -2.31. The van der Waals surface area contributed by atoms with E-state index in [2.05, 4.69) is 5.32 Å². The average Bonchev–Trinajstić information content (AvgIpc) is 2.99. The quantitative estimate of drug-likeness (QED) is 0.582. The van der Waals surface area contributed by atoms with Crippen molar-refractivity contribution < 1.29 is 13.2 Å². The van der Waals surface area contributed by atoms with Crippen LogP contribution in [0.3, 0.4) is 0 Å². The molecular weight excluding hydrogens is 422 g/mol. The number of sulfonamides is 1. The van der Waals surface area contributed by atoms with Crippen LogP contribution in [0.4, 0.5) is 0 Å². The third kappa shape index (κ3) is 5.22. The summed E-state index contributed by atoms with van der Waals surface area (Å²) in [6.07, 6.45) is 6.30. The standard InChI is InChI=1S/C25H31N3O3S/c1-20-6-8-21(9-7-20)19-26-25(29)13-17-27-16-12-22-18-23(10-11-24(22)27)32(30,31)28-14-4-2-3-5-15-28/h6-12,16,18H,2-5,13-15,17,19H2,1H3,(H,26,29). The predicted octanol–water partition coefficient (Wildman–Crippen LogP) is 4.22. The molecule has 0 aliphatic carbocycles. The maximum absolute atomic E-state index is 13.1. The Balaban J connectivity index is 1.39. The fourth-order valence-corrected chi connectivity index (χ4v) is 5.73. The van der Waals surface area contributed by atoms with Crippen LogP contribution in [0, 0.1) is 6.92 Å². The molecule has 0 spiro atoms. The molecule has 4 rings (SSSR count). The molecule has 1 saturated heterocycles. The minimum absolute atomic E-state index is 0.00668. The Morgan fingerprint density at radius 1 is 0.969 bits per heavy atom. The van der Waals surface area contributed by atoms with Gasteiger partial charge in [-0.1, -0.05) is 42.7 Å². The van der Waals surface area contributed by atoms with Crippen molar-refractivity contribution in [3.05, 3.63) is 65.9 Å². The van der Waals surface area contributed by atoms with Gasteiger partial charge in [-0.05, 0) is 49.6 Å². The van der Waals surface area contributed by atoms with E-state index in [1.54, 1.807) is 16.4 Å². The Morgan fingerprint density at radius 3 is 2.41 bits per heavy atom. The first-order valence-electron chi connectivity index (χ1n) is 11.3. The van der Waals surface area contributed by atoms with Crippen LogP contribution in [0.2, 0.25) is 0 Å². The number of hydrogen-bond donors (Lipinski definition) is 1. The number of fused-ring (bicyclic) bond motifs is 1. The second-order valence-corrected chi connectivity index (χ2v) is 10.5. The molecule has 1 aliphatic rings. The van der Waals surface area contributed by atoms with E-state index < -0.39 is 10.0 Å². The van der Waals surface area contributed by atoms with Crippen LogP contribution < -0.4 is 5.32 Å². The number of aromatic nitrogens is 1. The molecular formula is C25H31N3O3S. The summed E-state index contributed by atoms with van der Waals surface area (Å²) in [6, 6.07) is 15.3. The molecule has 170 valence electrons. The topological polar surface area (TPSA) is 71.4 Å². The molecule has 1 N–H and O–H groups in total. The number of rotatable bonds is 7. The second kappa shape index (κ2) is 9.88. The van der Waals surface area contributed by atoms with E-state index in [1.807, 2.05) is 54.1 Å². The van der Waals surface area contributed by atoms with Gasteiger partial charge in [-0.2, -0.15) is 4.31 Å². The molecule has 1 fully saturated rings. The van der Waals surface area contributed by atoms with Crippen LogP contribution in [0.25, 0.3) is 10.9 Å². The van der Waals surface area contributed by atoms with Crippen molar-refractivity contribution in [2.45, 2.75) is 57.0 Å². The predicted molar refractivity (Wildman–Crippen MR) is 127 cm³/mol. The van der Waals surface area contributed by atoms with Gasteiger partial charge in [0.2, 0.25) is 15.9 Å². The van der Waals surface area contributed by atoms with Crippen molar-refractivity contribution in [3.8, 4) is 0 Å². The first kappa shape index (κ1) is 22.6. The molecule has 2 heterocycles. The molecule has 7 heteroatoms. The van der Waals surface area contributed by atoms with Crippen LogP contribution >= 0.6 is 0 Å². The van der Waals surface area contributed by atoms with Gasteiger partial charge in [0.15, 0.2) is 0 Å². The van der Waals surface area contributed by atoms with E-state index >= 15 is 0 Å². The van der Waals surface area contributed by atoms with Gasteiger partial charge in [0.1, 0.15) is 0 Å². The van der Waals surface area contributed by atoms with E-state index in [9.17, 15) is 13.2 Å². The highest BCUT2D eigenvalue weighted by Gasteiger charge is 2.25. The molecule has 1 amide bonds. The SMILES string of the molecule is Cc1ccc(CNC(=O)CCn2ccc3cc(S(=O)(=O)N4CCCCCC4)ccc32)cc1. The lowest BCUT2D eigenvalue weighted by molar-refractivity contribution is -0.121. The molecule has 32 heavy (non-hydrogen) atoms. The molecule has 2 aromatic carbocycles. The molecule has 6 nitrogen and oxygen atoms in total. The Bertz CT molecular complexity index is 1170. The zero-order valence-electron chi connectivity index (χ0n) is 18.6. The van der Waals surface area contributed by atoms with Crippen LogP contribution in [-0.4, -0.2) is 36.3 Å². The van der Waals surface area contributed by atoms with Gasteiger partial charge in [-0.25, -0.2) is 8.42 Å². The number of amides is 1. The molecule has 3 aromatic rings. The van der Waals surface area contributed by atoms with Gasteiger partial charge in [0.25, 0.3) is 0 Å². The smallest absolute Gasteiger partial charge is 0.243 e. The molecule has 0 saturated carbocycles. The second-order valence-electron chi connectivity index (χ2n) is 8.56. The Labute approximate surface area is 190 Å². The zero-order chi connectivity index (χ0) is 22.6. The summed E-state index contributed by atoms with van der Waals surface area (Å²) in [7, 11) is -3.47. The van der Waals surface area contributed by atoms with E-state index in [0.29, 0.717) is 37.5 Å². The van der Waals surface area contributed by atoms with Crippen molar-refractivity contribution in [1.29, 1.82) is 0 Å². The van der Waals surface area contributed by atoms with Gasteiger partial charge in [0, 0.05) is 49.7 Å². The summed E-state index contributed by atoms with van der Waals surface area (Å²) in [5.41, 5.74) is 3.21. The van der Waals surface area contributed by atoms with Gasteiger partial charge in [-0.3, -0.25) is 4.79 Å². The van der Waals surface area contributed by atoms with Crippen molar-refractivity contribution in [2.24, 2.45) is 0 Å². The Kier molecular flexibility index (Phi) is 6.96. The van der Waals surface area contributed by atoms with Crippen molar-refractivity contribution in [3.63, 3.8) is 0 Å². The molecule has 1 aromatic heterocycles. The number of aryl methyl sites for hydroxylation is 2. The molecule has 0 atom stereocenters. The van der Waals surface area contributed by atoms with Crippen molar-refractivity contribution in [1.82, 2.24) is 14.2 Å². The third-order valence-electron chi connectivity index (χ3n) is 6.14. The summed E-state index contributed by atoms with van der Waals surface area (Å²) in [6.45, 7) is 4.29. The highest BCUT2D eigenvalue weighted by Crippen LogP contribution is 2.25. The fraction of sp³-hybridized carbons (Fsp3) is 0.400. The summed E-state index contributed by atoms with van der Waals surface area (Å²) >= 11 is 0. The summed E-state index contributed by atoms with van der Waals surface area (Å²) < 4.78 is 29.8. The van der Waals surface area contributed by atoms with Gasteiger partial charge < -0.3 is 9.88 Å². The Hall–Kier alpha value is -2.64. The van der Waals surface area contributed by atoms with Crippen molar-refractivity contribution in [2.75, 3.05) is 13.1 Å². The lowest BCUT2D eigenvalue weighted by atomic mass is 10.1.